The van der Waals surface area contributed by atoms with Crippen molar-refractivity contribution in [3.63, 3.8) is 0 Å². The number of ether oxygens (including phenoxy) is 2. The number of Topliss-reactive ketones (excluding diaryl/α,β-unsaturated/α-hetero) is 1. The van der Waals surface area contributed by atoms with Crippen LogP contribution in [0.1, 0.15) is 11.1 Å². The van der Waals surface area contributed by atoms with E-state index in [-0.39, 0.29) is 11.8 Å². The third-order valence-electron chi connectivity index (χ3n) is 3.11. The lowest BCUT2D eigenvalue weighted by atomic mass is 10.0. The molecule has 2 rings (SSSR count). The predicted molar refractivity (Wildman–Crippen MR) is 69.1 cm³/mol. The summed E-state index contributed by atoms with van der Waals surface area (Å²) in [4.78, 5) is 12.1. The van der Waals surface area contributed by atoms with Crippen LogP contribution in [0.15, 0.2) is 18.2 Å². The van der Waals surface area contributed by atoms with E-state index in [2.05, 4.69) is 5.32 Å². The minimum atomic E-state index is -0.191. The van der Waals surface area contributed by atoms with Crippen molar-refractivity contribution in [3.8, 4) is 5.75 Å². The van der Waals surface area contributed by atoms with Gasteiger partial charge in [-0.05, 0) is 13.0 Å². The molecule has 1 fully saturated rings. The monoisotopic (exact) mass is 249 g/mol. The lowest BCUT2D eigenvalue weighted by Gasteiger charge is -2.23. The Morgan fingerprint density at radius 2 is 2.39 bits per heavy atom. The smallest absolute Gasteiger partial charge is 0.156 e. The Bertz CT molecular complexity index is 425. The van der Waals surface area contributed by atoms with Crippen molar-refractivity contribution in [3.05, 3.63) is 29.3 Å². The fraction of sp³-hybridized carbons (Fsp3) is 0.500. The average molecular weight is 249 g/mol. The maximum absolute atomic E-state index is 12.1. The van der Waals surface area contributed by atoms with E-state index < -0.39 is 0 Å². The largest absolute Gasteiger partial charge is 0.496 e. The van der Waals surface area contributed by atoms with Gasteiger partial charge >= 0.3 is 0 Å². The zero-order valence-electron chi connectivity index (χ0n) is 10.9. The molecule has 1 saturated heterocycles. The number of ketones is 1. The quantitative estimate of drug-likeness (QED) is 0.868. The number of methoxy groups -OCH3 is 1. The van der Waals surface area contributed by atoms with Crippen molar-refractivity contribution in [1.29, 1.82) is 0 Å². The van der Waals surface area contributed by atoms with Gasteiger partial charge in [-0.15, -0.1) is 0 Å². The second-order valence-corrected chi connectivity index (χ2v) is 4.54. The molecule has 1 aliphatic heterocycles. The maximum atomic E-state index is 12.1. The van der Waals surface area contributed by atoms with Gasteiger partial charge in [0.1, 0.15) is 5.75 Å². The molecule has 98 valence electrons. The molecule has 1 aromatic carbocycles. The van der Waals surface area contributed by atoms with Crippen LogP contribution in [-0.2, 0) is 16.0 Å². The first-order valence-corrected chi connectivity index (χ1v) is 6.18. The summed E-state index contributed by atoms with van der Waals surface area (Å²) in [5.74, 6) is 0.921. The van der Waals surface area contributed by atoms with E-state index in [9.17, 15) is 4.79 Å². The molecule has 0 saturated carbocycles. The van der Waals surface area contributed by atoms with Crippen LogP contribution in [0.25, 0.3) is 0 Å². The standard InChI is InChI=1S/C14H19NO3/c1-10-3-4-14(17-2)11(7-10)8-13(16)12-9-18-6-5-15-12/h3-4,7,12,15H,5-6,8-9H2,1-2H3. The van der Waals surface area contributed by atoms with E-state index in [0.717, 1.165) is 23.4 Å². The Morgan fingerprint density at radius 3 is 3.06 bits per heavy atom. The van der Waals surface area contributed by atoms with E-state index in [0.29, 0.717) is 19.6 Å². The van der Waals surface area contributed by atoms with Crippen molar-refractivity contribution in [2.45, 2.75) is 19.4 Å². The molecular weight excluding hydrogens is 230 g/mol. The Balaban J connectivity index is 2.07. The summed E-state index contributed by atoms with van der Waals surface area (Å²) >= 11 is 0. The van der Waals surface area contributed by atoms with Gasteiger partial charge in [-0.25, -0.2) is 0 Å². The van der Waals surface area contributed by atoms with Gasteiger partial charge in [-0.3, -0.25) is 4.79 Å². The number of rotatable bonds is 4. The van der Waals surface area contributed by atoms with Crippen LogP contribution in [-0.4, -0.2) is 38.7 Å². The number of nitrogens with one attached hydrogen (secondary N) is 1. The fourth-order valence-corrected chi connectivity index (χ4v) is 2.13. The lowest BCUT2D eigenvalue weighted by Crippen LogP contribution is -2.47. The minimum absolute atomic E-state index is 0.151. The number of hydrogen-bond donors (Lipinski definition) is 1. The molecule has 0 aromatic heterocycles. The predicted octanol–water partition coefficient (Wildman–Crippen LogP) is 1.10. The highest BCUT2D eigenvalue weighted by Gasteiger charge is 2.22. The summed E-state index contributed by atoms with van der Waals surface area (Å²) in [5, 5.41) is 3.18. The zero-order valence-corrected chi connectivity index (χ0v) is 10.9. The average Bonchev–Trinajstić information content (AvgIpc) is 2.40. The summed E-state index contributed by atoms with van der Waals surface area (Å²) in [6, 6.07) is 5.70. The number of carbonyl (C=O) groups is 1. The first-order valence-electron chi connectivity index (χ1n) is 6.18. The highest BCUT2D eigenvalue weighted by Crippen LogP contribution is 2.20. The van der Waals surface area contributed by atoms with E-state index in [1.54, 1.807) is 7.11 Å². The van der Waals surface area contributed by atoms with Crippen LogP contribution in [0.4, 0.5) is 0 Å². The zero-order chi connectivity index (χ0) is 13.0. The van der Waals surface area contributed by atoms with E-state index in [4.69, 9.17) is 9.47 Å². The van der Waals surface area contributed by atoms with Gasteiger partial charge in [0.2, 0.25) is 0 Å². The molecule has 18 heavy (non-hydrogen) atoms. The molecule has 0 amide bonds. The third-order valence-corrected chi connectivity index (χ3v) is 3.11. The van der Waals surface area contributed by atoms with Gasteiger partial charge in [-0.2, -0.15) is 0 Å². The minimum Gasteiger partial charge on any atom is -0.496 e. The van der Waals surface area contributed by atoms with Crippen LogP contribution in [0.3, 0.4) is 0 Å². The molecule has 1 N–H and O–H groups in total. The van der Waals surface area contributed by atoms with Crippen LogP contribution in [0, 0.1) is 6.92 Å². The second kappa shape index (κ2) is 5.98. The summed E-state index contributed by atoms with van der Waals surface area (Å²) in [6.07, 6.45) is 0.381. The molecule has 0 radical (unpaired) electrons. The molecule has 1 heterocycles. The highest BCUT2D eigenvalue weighted by molar-refractivity contribution is 5.86. The normalized spacial score (nSPS) is 19.6. The molecule has 1 atom stereocenters. The van der Waals surface area contributed by atoms with Gasteiger partial charge in [0, 0.05) is 18.5 Å². The summed E-state index contributed by atoms with van der Waals surface area (Å²) < 4.78 is 10.6. The number of benzene rings is 1. The second-order valence-electron chi connectivity index (χ2n) is 4.54. The molecule has 0 aliphatic carbocycles. The Hall–Kier alpha value is -1.39. The molecule has 4 heteroatoms. The van der Waals surface area contributed by atoms with Crippen LogP contribution in [0.2, 0.25) is 0 Å². The van der Waals surface area contributed by atoms with Crippen molar-refractivity contribution in [2.24, 2.45) is 0 Å². The Morgan fingerprint density at radius 1 is 1.56 bits per heavy atom. The summed E-state index contributed by atoms with van der Waals surface area (Å²) in [5.41, 5.74) is 2.07. The maximum Gasteiger partial charge on any atom is 0.156 e. The lowest BCUT2D eigenvalue weighted by molar-refractivity contribution is -0.123. The van der Waals surface area contributed by atoms with E-state index in [1.165, 1.54) is 0 Å². The molecule has 0 spiro atoms. The number of carbonyl (C=O) groups excluding carboxylic acids is 1. The molecule has 1 aromatic rings. The molecule has 1 unspecified atom stereocenters. The van der Waals surface area contributed by atoms with Gasteiger partial charge in [0.25, 0.3) is 0 Å². The number of aryl methyl sites for hydroxylation is 1. The summed E-state index contributed by atoms with van der Waals surface area (Å²) in [6.45, 7) is 3.89. The van der Waals surface area contributed by atoms with Crippen LogP contribution < -0.4 is 10.1 Å². The van der Waals surface area contributed by atoms with Crippen LogP contribution >= 0.6 is 0 Å². The third kappa shape index (κ3) is 3.09. The number of morpholine rings is 1. The van der Waals surface area contributed by atoms with Crippen molar-refractivity contribution >= 4 is 5.78 Å². The van der Waals surface area contributed by atoms with Crippen LogP contribution in [0.5, 0.6) is 5.75 Å². The summed E-state index contributed by atoms with van der Waals surface area (Å²) in [7, 11) is 1.63. The molecule has 1 aliphatic rings. The van der Waals surface area contributed by atoms with Crippen molar-refractivity contribution < 1.29 is 14.3 Å². The number of hydrogen-bond acceptors (Lipinski definition) is 4. The molecule has 4 nitrogen and oxygen atoms in total. The van der Waals surface area contributed by atoms with E-state index in [1.807, 2.05) is 25.1 Å². The first kappa shape index (κ1) is 13.1. The van der Waals surface area contributed by atoms with Crippen molar-refractivity contribution in [2.75, 3.05) is 26.9 Å². The molecule has 0 bridgehead atoms. The fourth-order valence-electron chi connectivity index (χ4n) is 2.13. The van der Waals surface area contributed by atoms with Crippen molar-refractivity contribution in [1.82, 2.24) is 5.32 Å². The van der Waals surface area contributed by atoms with Gasteiger partial charge < -0.3 is 14.8 Å². The van der Waals surface area contributed by atoms with E-state index >= 15 is 0 Å². The highest BCUT2D eigenvalue weighted by atomic mass is 16.5. The molecular formula is C14H19NO3. The van der Waals surface area contributed by atoms with Gasteiger partial charge in [0.15, 0.2) is 5.78 Å². The topological polar surface area (TPSA) is 47.6 Å². The SMILES string of the molecule is COc1ccc(C)cc1CC(=O)C1COCCN1. The van der Waals surface area contributed by atoms with Gasteiger partial charge in [0.05, 0.1) is 26.4 Å². The van der Waals surface area contributed by atoms with Gasteiger partial charge in [-0.1, -0.05) is 17.7 Å². The Kier molecular flexibility index (Phi) is 4.33. The first-order chi connectivity index (χ1) is 8.70. The Labute approximate surface area is 107 Å².